The Hall–Kier alpha value is -3.61. The number of aryl methyl sites for hydroxylation is 1. The number of anilines is 1. The van der Waals surface area contributed by atoms with E-state index in [0.29, 0.717) is 30.3 Å². The Kier molecular flexibility index (Phi) is 4.57. The van der Waals surface area contributed by atoms with E-state index in [-0.39, 0.29) is 5.91 Å². The highest BCUT2D eigenvalue weighted by molar-refractivity contribution is 6.03. The first-order valence-electron chi connectivity index (χ1n) is 8.65. The summed E-state index contributed by atoms with van der Waals surface area (Å²) in [6, 6.07) is 14.9. The number of ether oxygens (including phenoxy) is 1. The van der Waals surface area contributed by atoms with Crippen LogP contribution in [0.2, 0.25) is 0 Å². The fraction of sp³-hybridized carbons (Fsp3) is 0.150. The molecule has 0 fully saturated rings. The number of carbonyl (C=O) groups is 1. The Labute approximate surface area is 156 Å². The van der Waals surface area contributed by atoms with Crippen molar-refractivity contribution in [1.82, 2.24) is 19.2 Å². The van der Waals surface area contributed by atoms with Crippen molar-refractivity contribution >= 4 is 17.2 Å². The van der Waals surface area contributed by atoms with Crippen molar-refractivity contribution in [2.75, 3.05) is 11.9 Å². The zero-order valence-corrected chi connectivity index (χ0v) is 14.9. The van der Waals surface area contributed by atoms with E-state index in [1.165, 1.54) is 0 Å². The van der Waals surface area contributed by atoms with Gasteiger partial charge in [0.1, 0.15) is 23.7 Å². The first-order chi connectivity index (χ1) is 13.2. The molecule has 0 saturated heterocycles. The summed E-state index contributed by atoms with van der Waals surface area (Å²) in [7, 11) is 0. The van der Waals surface area contributed by atoms with Gasteiger partial charge in [-0.05, 0) is 37.3 Å². The molecule has 136 valence electrons. The van der Waals surface area contributed by atoms with Gasteiger partial charge in [-0.25, -0.2) is 4.98 Å². The van der Waals surface area contributed by atoms with Crippen LogP contribution in [0.15, 0.2) is 67.1 Å². The van der Waals surface area contributed by atoms with Gasteiger partial charge in [0.05, 0.1) is 6.54 Å². The van der Waals surface area contributed by atoms with Gasteiger partial charge in [0.15, 0.2) is 0 Å². The zero-order chi connectivity index (χ0) is 18.6. The van der Waals surface area contributed by atoms with Crippen molar-refractivity contribution in [2.45, 2.75) is 13.5 Å². The minimum atomic E-state index is -0.258. The number of aromatic nitrogens is 4. The highest BCUT2D eigenvalue weighted by Gasteiger charge is 2.12. The lowest BCUT2D eigenvalue weighted by molar-refractivity contribution is 0.102. The molecular weight excluding hydrogens is 342 g/mol. The van der Waals surface area contributed by atoms with Gasteiger partial charge in [0.25, 0.3) is 5.91 Å². The highest BCUT2D eigenvalue weighted by Crippen LogP contribution is 2.18. The summed E-state index contributed by atoms with van der Waals surface area (Å²) in [5.74, 6) is 0.428. The van der Waals surface area contributed by atoms with Crippen LogP contribution in [0, 0.1) is 6.92 Å². The van der Waals surface area contributed by atoms with Gasteiger partial charge in [-0.1, -0.05) is 12.1 Å². The van der Waals surface area contributed by atoms with E-state index in [2.05, 4.69) is 15.4 Å². The van der Waals surface area contributed by atoms with Crippen molar-refractivity contribution < 1.29 is 9.53 Å². The summed E-state index contributed by atoms with van der Waals surface area (Å²) in [6.07, 6.45) is 5.36. The van der Waals surface area contributed by atoms with Crippen molar-refractivity contribution in [3.05, 3.63) is 78.5 Å². The predicted octanol–water partition coefficient (Wildman–Crippen LogP) is 3.17. The standard InChI is InChI=1S/C20H19N5O2/c1-15-5-2-8-19-23-18(14-25(15)19)20(26)22-16-6-3-7-17(13-16)27-12-11-24-10-4-9-21-24/h2-10,13-14H,11-12H2,1H3,(H,22,26). The third-order valence-corrected chi connectivity index (χ3v) is 4.17. The summed E-state index contributed by atoms with van der Waals surface area (Å²) >= 11 is 0. The molecule has 7 nitrogen and oxygen atoms in total. The number of benzene rings is 1. The van der Waals surface area contributed by atoms with Gasteiger partial charge in [0, 0.05) is 36.0 Å². The fourth-order valence-corrected chi connectivity index (χ4v) is 2.81. The van der Waals surface area contributed by atoms with Crippen LogP contribution >= 0.6 is 0 Å². The summed E-state index contributed by atoms with van der Waals surface area (Å²) in [4.78, 5) is 16.9. The number of nitrogens with one attached hydrogen (secondary N) is 1. The Morgan fingerprint density at radius 2 is 2.07 bits per heavy atom. The second-order valence-electron chi connectivity index (χ2n) is 6.12. The molecule has 0 aliphatic rings. The number of rotatable bonds is 6. The summed E-state index contributed by atoms with van der Waals surface area (Å²) in [5, 5.41) is 7.00. The van der Waals surface area contributed by atoms with E-state index in [4.69, 9.17) is 4.74 Å². The molecule has 7 heteroatoms. The average molecular weight is 361 g/mol. The number of hydrogen-bond donors (Lipinski definition) is 1. The highest BCUT2D eigenvalue weighted by atomic mass is 16.5. The molecule has 0 saturated carbocycles. The maximum Gasteiger partial charge on any atom is 0.275 e. The van der Waals surface area contributed by atoms with Gasteiger partial charge in [0.2, 0.25) is 0 Å². The van der Waals surface area contributed by atoms with Crippen LogP contribution in [-0.2, 0) is 6.54 Å². The molecular formula is C20H19N5O2. The second kappa shape index (κ2) is 7.33. The Morgan fingerprint density at radius 1 is 1.19 bits per heavy atom. The Balaban J connectivity index is 1.42. The van der Waals surface area contributed by atoms with Crippen molar-refractivity contribution in [1.29, 1.82) is 0 Å². The number of amides is 1. The van der Waals surface area contributed by atoms with E-state index in [1.54, 1.807) is 23.1 Å². The summed E-state index contributed by atoms with van der Waals surface area (Å²) in [5.41, 5.74) is 2.79. The molecule has 0 atom stereocenters. The normalized spacial score (nSPS) is 10.9. The van der Waals surface area contributed by atoms with Crippen LogP contribution in [0.5, 0.6) is 5.75 Å². The topological polar surface area (TPSA) is 73.4 Å². The fourth-order valence-electron chi connectivity index (χ4n) is 2.81. The van der Waals surface area contributed by atoms with Gasteiger partial charge < -0.3 is 14.5 Å². The molecule has 4 rings (SSSR count). The summed E-state index contributed by atoms with van der Waals surface area (Å²) < 4.78 is 9.43. The molecule has 0 radical (unpaired) electrons. The van der Waals surface area contributed by atoms with Gasteiger partial charge >= 0.3 is 0 Å². The molecule has 0 aliphatic heterocycles. The molecule has 1 N–H and O–H groups in total. The molecule has 0 unspecified atom stereocenters. The quantitative estimate of drug-likeness (QED) is 0.572. The Morgan fingerprint density at radius 3 is 2.89 bits per heavy atom. The molecule has 0 aliphatic carbocycles. The molecule has 4 aromatic rings. The SMILES string of the molecule is Cc1cccc2nc(C(=O)Nc3cccc(OCCn4cccn4)c3)cn12. The van der Waals surface area contributed by atoms with Crippen LogP contribution in [0.3, 0.4) is 0 Å². The third-order valence-electron chi connectivity index (χ3n) is 4.17. The van der Waals surface area contributed by atoms with E-state index >= 15 is 0 Å². The predicted molar refractivity (Wildman–Crippen MR) is 102 cm³/mol. The summed E-state index contributed by atoms with van der Waals surface area (Å²) in [6.45, 7) is 3.12. The van der Waals surface area contributed by atoms with E-state index < -0.39 is 0 Å². The molecule has 3 heterocycles. The van der Waals surface area contributed by atoms with Gasteiger partial charge in [-0.3, -0.25) is 9.48 Å². The van der Waals surface area contributed by atoms with E-state index in [0.717, 1.165) is 11.3 Å². The zero-order valence-electron chi connectivity index (χ0n) is 14.9. The molecule has 1 aromatic carbocycles. The lowest BCUT2D eigenvalue weighted by Gasteiger charge is -2.09. The lowest BCUT2D eigenvalue weighted by atomic mass is 10.3. The minimum Gasteiger partial charge on any atom is -0.492 e. The largest absolute Gasteiger partial charge is 0.492 e. The molecule has 1 amide bonds. The first kappa shape index (κ1) is 16.8. The van der Waals surface area contributed by atoms with E-state index in [1.807, 2.05) is 60.0 Å². The van der Waals surface area contributed by atoms with Crippen molar-refractivity contribution in [3.8, 4) is 5.75 Å². The number of imidazole rings is 1. The molecule has 0 bridgehead atoms. The number of pyridine rings is 1. The Bertz CT molecular complexity index is 1070. The molecule has 3 aromatic heterocycles. The molecule has 0 spiro atoms. The van der Waals surface area contributed by atoms with Crippen LogP contribution < -0.4 is 10.1 Å². The second-order valence-corrected chi connectivity index (χ2v) is 6.12. The van der Waals surface area contributed by atoms with Gasteiger partial charge in [-0.15, -0.1) is 0 Å². The smallest absolute Gasteiger partial charge is 0.275 e. The third kappa shape index (κ3) is 3.82. The van der Waals surface area contributed by atoms with Crippen molar-refractivity contribution in [2.24, 2.45) is 0 Å². The molecule has 27 heavy (non-hydrogen) atoms. The first-order valence-corrected chi connectivity index (χ1v) is 8.65. The monoisotopic (exact) mass is 361 g/mol. The van der Waals surface area contributed by atoms with Crippen molar-refractivity contribution in [3.63, 3.8) is 0 Å². The number of carbonyl (C=O) groups excluding carboxylic acids is 1. The minimum absolute atomic E-state index is 0.258. The lowest BCUT2D eigenvalue weighted by Crippen LogP contribution is -2.12. The van der Waals surface area contributed by atoms with Crippen LogP contribution in [0.25, 0.3) is 5.65 Å². The van der Waals surface area contributed by atoms with Crippen LogP contribution in [0.1, 0.15) is 16.2 Å². The maximum atomic E-state index is 12.5. The average Bonchev–Trinajstić information content (AvgIpc) is 3.32. The maximum absolute atomic E-state index is 12.5. The number of nitrogens with zero attached hydrogens (tertiary/aromatic N) is 4. The van der Waals surface area contributed by atoms with E-state index in [9.17, 15) is 4.79 Å². The number of fused-ring (bicyclic) bond motifs is 1. The van der Waals surface area contributed by atoms with Gasteiger partial charge in [-0.2, -0.15) is 5.10 Å². The van der Waals surface area contributed by atoms with Crippen LogP contribution in [-0.4, -0.2) is 31.7 Å². The van der Waals surface area contributed by atoms with Crippen LogP contribution in [0.4, 0.5) is 5.69 Å². The number of hydrogen-bond acceptors (Lipinski definition) is 4.